The zero-order chi connectivity index (χ0) is 85.6. The summed E-state index contributed by atoms with van der Waals surface area (Å²) in [7, 11) is 0. The summed E-state index contributed by atoms with van der Waals surface area (Å²) in [6, 6.07) is 0. The van der Waals surface area contributed by atoms with Crippen molar-refractivity contribution in [2.45, 2.75) is 447 Å². The van der Waals surface area contributed by atoms with Crippen molar-refractivity contribution in [2.75, 3.05) is 65.4 Å². The molecule has 0 N–H and O–H groups in total. The van der Waals surface area contributed by atoms with Crippen molar-refractivity contribution < 1.29 is 38.4 Å². The summed E-state index contributed by atoms with van der Waals surface area (Å²) in [6.45, 7) is 21.5. The van der Waals surface area contributed by atoms with Crippen molar-refractivity contribution in [3.05, 3.63) is 97.2 Å². The number of imide groups is 4. The van der Waals surface area contributed by atoms with Crippen LogP contribution in [0.3, 0.4) is 0 Å². The van der Waals surface area contributed by atoms with Gasteiger partial charge in [-0.3, -0.25) is 58.0 Å². The van der Waals surface area contributed by atoms with Gasteiger partial charge in [0.05, 0.1) is 0 Å². The van der Waals surface area contributed by atoms with E-state index in [4.69, 9.17) is 0 Å². The minimum Gasteiger partial charge on any atom is -0.303 e. The number of allylic oxidation sites excluding steroid dienone is 16. The molecule has 0 aromatic carbocycles. The van der Waals surface area contributed by atoms with E-state index in [0.717, 1.165) is 315 Å². The van der Waals surface area contributed by atoms with Gasteiger partial charge in [-0.15, -0.1) is 0 Å². The van der Waals surface area contributed by atoms with Crippen LogP contribution >= 0.6 is 0 Å². The quantitative estimate of drug-likeness (QED) is 0.0424. The molecule has 0 bridgehead atoms. The van der Waals surface area contributed by atoms with E-state index in [2.05, 4.69) is 162 Å². The minimum absolute atomic E-state index is 0.0869. The van der Waals surface area contributed by atoms with E-state index in [9.17, 15) is 38.4 Å². The van der Waals surface area contributed by atoms with Crippen molar-refractivity contribution in [1.29, 1.82) is 0 Å². The monoisotopic (exact) mass is 1630 g/mol. The van der Waals surface area contributed by atoms with Gasteiger partial charge in [0.2, 0.25) is 47.3 Å². The molecule has 0 aliphatic carbocycles. The highest BCUT2D eigenvalue weighted by molar-refractivity contribution is 5.97. The maximum absolute atomic E-state index is 14.4. The fourth-order valence-electron chi connectivity index (χ4n) is 15.5. The van der Waals surface area contributed by atoms with E-state index in [0.29, 0.717) is 142 Å². The lowest BCUT2D eigenvalue weighted by molar-refractivity contribution is -0.146. The Kier molecular flexibility index (Phi) is 82.6. The average Bonchev–Trinajstić information content (AvgIpc) is 0.907. The molecule has 0 saturated heterocycles. The summed E-state index contributed by atoms with van der Waals surface area (Å²) in [5.41, 5.74) is 0. The molecule has 0 rings (SSSR count). The summed E-state index contributed by atoms with van der Waals surface area (Å²) in [5.74, 6) is -0.695. The first kappa shape index (κ1) is 111. The van der Waals surface area contributed by atoms with Crippen molar-refractivity contribution in [1.82, 2.24) is 29.4 Å². The first-order valence-corrected chi connectivity index (χ1v) is 49.0. The standard InChI is InChI=1S/C103H182N6O8/c1-9-17-25-33-41-49-57-65-78-96(110)106(97(111)79-66-58-50-42-34-26-18-10-2)92-74-88-104(89-75-93-107(98(112)80-67-59-51-43-35-27-19-11-3)99(113)81-68-60-52-44-36-28-20-12-4)86-73-87-105(90-76-94-108(100(114)82-69-61-53-45-37-29-21-13-5)101(115)83-70-62-54-46-38-30-22-14-6)91-77-95-109(102(116)84-71-63-55-47-39-31-23-15-7)103(117)85-72-64-56-48-40-32-24-16-8/h9-24H,25-95H2,1-8H3/b17-9+,18-10+,19-11+,20-12+,21-13+,22-14+,23-15+,24-16+. The van der Waals surface area contributed by atoms with Gasteiger partial charge >= 0.3 is 0 Å². The van der Waals surface area contributed by atoms with Crippen molar-refractivity contribution >= 4 is 47.3 Å². The van der Waals surface area contributed by atoms with Gasteiger partial charge in [0.15, 0.2) is 0 Å². The minimum atomic E-state index is -0.0869. The van der Waals surface area contributed by atoms with E-state index in [1.54, 1.807) is 19.6 Å². The highest BCUT2D eigenvalue weighted by atomic mass is 16.2. The number of carbonyl (C=O) groups excluding carboxylic acids is 8. The molecule has 14 heteroatoms. The lowest BCUT2D eigenvalue weighted by Crippen LogP contribution is -2.41. The van der Waals surface area contributed by atoms with Crippen LogP contribution in [0.5, 0.6) is 0 Å². The third kappa shape index (κ3) is 69.7. The average molecular weight is 1630 g/mol. The van der Waals surface area contributed by atoms with E-state index in [1.807, 2.05) is 0 Å². The zero-order valence-corrected chi connectivity index (χ0v) is 77.4. The van der Waals surface area contributed by atoms with Crippen LogP contribution in [0.25, 0.3) is 0 Å². The van der Waals surface area contributed by atoms with Crippen LogP contribution in [-0.2, 0) is 38.4 Å². The molecule has 8 amide bonds. The van der Waals surface area contributed by atoms with Gasteiger partial charge < -0.3 is 9.80 Å². The second-order valence-electron chi connectivity index (χ2n) is 33.2. The summed E-state index contributed by atoms with van der Waals surface area (Å²) in [5, 5.41) is 0. The summed E-state index contributed by atoms with van der Waals surface area (Å²) >= 11 is 0. The third-order valence-electron chi connectivity index (χ3n) is 22.8. The molecule has 117 heavy (non-hydrogen) atoms. The Morgan fingerprint density at radius 2 is 0.256 bits per heavy atom. The summed E-state index contributed by atoms with van der Waals surface area (Å²) < 4.78 is 0. The van der Waals surface area contributed by atoms with Crippen LogP contribution in [0.2, 0.25) is 0 Å². The van der Waals surface area contributed by atoms with Crippen LogP contribution in [0.15, 0.2) is 97.2 Å². The lowest BCUT2D eigenvalue weighted by Gasteiger charge is -2.29. The van der Waals surface area contributed by atoms with E-state index < -0.39 is 0 Å². The molecule has 0 radical (unpaired) electrons. The van der Waals surface area contributed by atoms with Crippen LogP contribution in [0.4, 0.5) is 0 Å². The van der Waals surface area contributed by atoms with Gasteiger partial charge in [-0.2, -0.15) is 0 Å². The largest absolute Gasteiger partial charge is 0.303 e. The first-order valence-electron chi connectivity index (χ1n) is 49.0. The first-order chi connectivity index (χ1) is 57.3. The molecule has 0 spiro atoms. The maximum atomic E-state index is 14.4. The highest BCUT2D eigenvalue weighted by Crippen LogP contribution is 2.21. The van der Waals surface area contributed by atoms with Gasteiger partial charge in [-0.05, 0) is 281 Å². The molecule has 0 aromatic heterocycles. The molecule has 0 aliphatic heterocycles. The number of nitrogens with zero attached hydrogens (tertiary/aromatic N) is 6. The normalized spacial score (nSPS) is 12.1. The Balaban J connectivity index is 7.66. The molecule has 14 nitrogen and oxygen atoms in total. The predicted octanol–water partition coefficient (Wildman–Crippen LogP) is 27.4. The number of amides is 8. The Morgan fingerprint density at radius 3 is 0.385 bits per heavy atom. The van der Waals surface area contributed by atoms with Crippen LogP contribution in [0.1, 0.15) is 447 Å². The highest BCUT2D eigenvalue weighted by Gasteiger charge is 2.26. The van der Waals surface area contributed by atoms with Crippen molar-refractivity contribution in [2.24, 2.45) is 0 Å². The van der Waals surface area contributed by atoms with E-state index >= 15 is 0 Å². The zero-order valence-electron chi connectivity index (χ0n) is 77.4. The molecule has 0 aromatic rings. The van der Waals surface area contributed by atoms with Gasteiger partial charge in [-0.25, -0.2) is 0 Å². The van der Waals surface area contributed by atoms with Gasteiger partial charge in [0.1, 0.15) is 0 Å². The van der Waals surface area contributed by atoms with E-state index in [-0.39, 0.29) is 47.3 Å². The van der Waals surface area contributed by atoms with Crippen molar-refractivity contribution in [3.63, 3.8) is 0 Å². The second kappa shape index (κ2) is 86.8. The SMILES string of the molecule is C/C=C/CCCCCCCC(=O)N(CCCN(CCCN(CCCN(C(=O)CCCCCCC/C=C/C)C(=O)CCCCCCC/C=C/C)CCCN(C(=O)CCCCCCC/C=C/C)C(=O)CCCCCCC/C=C/C)CCCN(C(=O)CCCCCCC/C=C/C)C(=O)CCCCCCC/C=C/C)C(=O)CCCCCCC/C=C/C. The number of carbonyl (C=O) groups is 8. The molecule has 672 valence electrons. The van der Waals surface area contributed by atoms with Crippen molar-refractivity contribution in [3.8, 4) is 0 Å². The van der Waals surface area contributed by atoms with Crippen LogP contribution in [0, 0.1) is 0 Å². The Bertz CT molecular complexity index is 2160. The number of hydrogen-bond donors (Lipinski definition) is 0. The number of unbranched alkanes of at least 4 members (excludes halogenated alkanes) is 40. The van der Waals surface area contributed by atoms with Crippen LogP contribution in [-0.4, -0.2) is 142 Å². The molecule has 0 unspecified atom stereocenters. The van der Waals surface area contributed by atoms with Gasteiger partial charge in [0.25, 0.3) is 0 Å². The molecule has 0 aliphatic rings. The fourth-order valence-corrected chi connectivity index (χ4v) is 15.5. The predicted molar refractivity (Wildman–Crippen MR) is 500 cm³/mol. The number of hydrogen-bond acceptors (Lipinski definition) is 10. The molecular formula is C103H182N6O8. The van der Waals surface area contributed by atoms with E-state index in [1.165, 1.54) is 0 Å². The third-order valence-corrected chi connectivity index (χ3v) is 22.8. The molecule has 0 heterocycles. The number of rotatable bonds is 84. The molecular weight excluding hydrogens is 1450 g/mol. The lowest BCUT2D eigenvalue weighted by atomic mass is 10.1. The Hall–Kier alpha value is -5.60. The maximum Gasteiger partial charge on any atom is 0.229 e. The molecule has 0 atom stereocenters. The smallest absolute Gasteiger partial charge is 0.229 e. The van der Waals surface area contributed by atoms with Crippen LogP contribution < -0.4 is 0 Å². The Labute approximate surface area is 720 Å². The van der Waals surface area contributed by atoms with Gasteiger partial charge in [-0.1, -0.05) is 251 Å². The Morgan fingerprint density at radius 1 is 0.145 bits per heavy atom. The molecule has 0 fully saturated rings. The second-order valence-corrected chi connectivity index (χ2v) is 33.2. The topological polar surface area (TPSA) is 156 Å². The summed E-state index contributed by atoms with van der Waals surface area (Å²) in [4.78, 5) is 126. The molecule has 0 saturated carbocycles. The van der Waals surface area contributed by atoms with Gasteiger partial charge in [0, 0.05) is 77.5 Å². The summed E-state index contributed by atoms with van der Waals surface area (Å²) in [6.07, 6.45) is 89.0. The fraction of sp³-hybridized carbons (Fsp3) is 0.767.